The lowest BCUT2D eigenvalue weighted by Crippen LogP contribution is -2.46. The van der Waals surface area contributed by atoms with E-state index in [1.165, 1.54) is 24.8 Å². The van der Waals surface area contributed by atoms with E-state index in [4.69, 9.17) is 9.15 Å². The molecule has 0 saturated carbocycles. The van der Waals surface area contributed by atoms with Crippen molar-refractivity contribution in [1.82, 2.24) is 14.7 Å². The first-order chi connectivity index (χ1) is 15.4. The van der Waals surface area contributed by atoms with Gasteiger partial charge in [0.1, 0.15) is 5.76 Å². The molecule has 4 rings (SSSR count). The Morgan fingerprint density at radius 2 is 1.81 bits per heavy atom. The maximum absolute atomic E-state index is 12.6. The number of aromatic hydroxyl groups is 1. The van der Waals surface area contributed by atoms with Crippen molar-refractivity contribution in [2.75, 3.05) is 60.5 Å². The first-order valence-electron chi connectivity index (χ1n) is 11.0. The molecular weight excluding hydrogens is 406 g/mol. The van der Waals surface area contributed by atoms with Gasteiger partial charge in [-0.25, -0.2) is 0 Å². The number of hydrogen-bond acceptors (Lipinski definition) is 7. The Morgan fingerprint density at radius 3 is 2.50 bits per heavy atom. The van der Waals surface area contributed by atoms with Crippen LogP contribution in [-0.2, 0) is 6.54 Å². The molecule has 1 N–H and O–H groups in total. The summed E-state index contributed by atoms with van der Waals surface area (Å²) in [6.45, 7) is 7.52. The summed E-state index contributed by atoms with van der Waals surface area (Å²) in [5.41, 5.74) is 2.08. The molecule has 1 aliphatic rings. The van der Waals surface area contributed by atoms with Crippen molar-refractivity contribution in [3.8, 4) is 22.8 Å². The van der Waals surface area contributed by atoms with Crippen LogP contribution in [0, 0.1) is 0 Å². The second-order valence-electron chi connectivity index (χ2n) is 8.55. The van der Waals surface area contributed by atoms with E-state index in [1.807, 2.05) is 12.1 Å². The first-order valence-corrected chi connectivity index (χ1v) is 11.0. The molecule has 1 saturated heterocycles. The second-order valence-corrected chi connectivity index (χ2v) is 8.55. The first kappa shape index (κ1) is 22.3. The Bertz CT molecular complexity index is 1120. The van der Waals surface area contributed by atoms with Gasteiger partial charge < -0.3 is 24.1 Å². The Kier molecular flexibility index (Phi) is 6.79. The maximum Gasteiger partial charge on any atom is 0.204 e. The fraction of sp³-hybridized carbons (Fsp3) is 0.400. The summed E-state index contributed by atoms with van der Waals surface area (Å²) < 4.78 is 11.2. The second kappa shape index (κ2) is 9.73. The summed E-state index contributed by atoms with van der Waals surface area (Å²) in [4.78, 5) is 19.8. The molecule has 3 aromatic rings. The number of rotatable bonds is 7. The molecule has 2 aromatic carbocycles. The van der Waals surface area contributed by atoms with E-state index >= 15 is 0 Å². The molecule has 0 amide bonds. The summed E-state index contributed by atoms with van der Waals surface area (Å²) in [5.74, 6) is 0.552. The number of phenols is 1. The van der Waals surface area contributed by atoms with E-state index in [9.17, 15) is 9.90 Å². The average Bonchev–Trinajstić information content (AvgIpc) is 2.79. The lowest BCUT2D eigenvalue weighted by atomic mass is 10.1. The number of ether oxygens (including phenoxy) is 1. The third-order valence-corrected chi connectivity index (χ3v) is 6.12. The molecule has 0 aliphatic carbocycles. The number of likely N-dealkylation sites (N-methyl/N-ethyl adjacent to an activating group) is 2. The molecule has 0 bridgehead atoms. The quantitative estimate of drug-likeness (QED) is 0.610. The van der Waals surface area contributed by atoms with E-state index < -0.39 is 0 Å². The average molecular weight is 438 g/mol. The Labute approximate surface area is 188 Å². The number of methoxy groups -OCH3 is 1. The van der Waals surface area contributed by atoms with Gasteiger partial charge in [-0.2, -0.15) is 0 Å². The van der Waals surface area contributed by atoms with Gasteiger partial charge in [-0.05, 0) is 31.8 Å². The lowest BCUT2D eigenvalue weighted by Gasteiger charge is -2.33. The summed E-state index contributed by atoms with van der Waals surface area (Å²) in [6.07, 6.45) is 0. The maximum atomic E-state index is 12.6. The minimum Gasteiger partial charge on any atom is -0.504 e. The van der Waals surface area contributed by atoms with Crippen LogP contribution in [0.5, 0.6) is 11.5 Å². The summed E-state index contributed by atoms with van der Waals surface area (Å²) >= 11 is 0. The van der Waals surface area contributed by atoms with E-state index in [2.05, 4.69) is 40.9 Å². The van der Waals surface area contributed by atoms with Crippen LogP contribution < -0.4 is 10.2 Å². The predicted molar refractivity (Wildman–Crippen MR) is 126 cm³/mol. The molecule has 0 unspecified atom stereocenters. The number of piperazine rings is 1. The molecule has 7 heteroatoms. The monoisotopic (exact) mass is 437 g/mol. The van der Waals surface area contributed by atoms with Crippen LogP contribution in [-0.4, -0.2) is 80.3 Å². The minimum absolute atomic E-state index is 0.0599. The number of benzene rings is 2. The topological polar surface area (TPSA) is 69.4 Å². The number of fused-ring (bicyclic) bond motifs is 1. The van der Waals surface area contributed by atoms with E-state index in [0.717, 1.165) is 51.4 Å². The van der Waals surface area contributed by atoms with E-state index in [-0.39, 0.29) is 22.5 Å². The number of nitrogens with zero attached hydrogens (tertiary/aromatic N) is 3. The van der Waals surface area contributed by atoms with Gasteiger partial charge >= 0.3 is 0 Å². The summed E-state index contributed by atoms with van der Waals surface area (Å²) in [7, 11) is 5.76. The van der Waals surface area contributed by atoms with Crippen LogP contribution in [0.25, 0.3) is 22.3 Å². The standard InChI is InChI=1S/C25H31N3O4/c1-26-10-13-28(14-11-26)15-12-27(2)17-18-4-6-19(7-5-18)23-16-22(30)20-8-9-21(29)25(31-3)24(20)32-23/h4-9,16,29H,10-15,17H2,1-3H3. The van der Waals surface area contributed by atoms with Gasteiger partial charge in [0.25, 0.3) is 0 Å². The highest BCUT2D eigenvalue weighted by atomic mass is 16.5. The highest BCUT2D eigenvalue weighted by Crippen LogP contribution is 2.35. The summed E-state index contributed by atoms with van der Waals surface area (Å²) in [6, 6.07) is 12.5. The molecule has 1 aliphatic heterocycles. The van der Waals surface area contributed by atoms with Crippen LogP contribution in [0.4, 0.5) is 0 Å². The van der Waals surface area contributed by atoms with Gasteiger partial charge in [0.2, 0.25) is 5.75 Å². The van der Waals surface area contributed by atoms with Crippen molar-refractivity contribution in [3.63, 3.8) is 0 Å². The Hall–Kier alpha value is -2.87. The highest BCUT2D eigenvalue weighted by Gasteiger charge is 2.16. The largest absolute Gasteiger partial charge is 0.504 e. The molecule has 1 fully saturated rings. The fourth-order valence-electron chi connectivity index (χ4n) is 4.07. The molecule has 32 heavy (non-hydrogen) atoms. The van der Waals surface area contributed by atoms with Crippen LogP contribution in [0.1, 0.15) is 5.56 Å². The molecule has 0 radical (unpaired) electrons. The zero-order chi connectivity index (χ0) is 22.7. The number of hydrogen-bond donors (Lipinski definition) is 1. The SMILES string of the molecule is COc1c(O)ccc2c(=O)cc(-c3ccc(CN(C)CCN4CCN(C)CC4)cc3)oc12. The van der Waals surface area contributed by atoms with Gasteiger partial charge in [0.15, 0.2) is 16.8 Å². The van der Waals surface area contributed by atoms with Crippen LogP contribution in [0.2, 0.25) is 0 Å². The fourth-order valence-corrected chi connectivity index (χ4v) is 4.07. The van der Waals surface area contributed by atoms with Gasteiger partial charge in [0, 0.05) is 57.4 Å². The molecule has 1 aromatic heterocycles. The van der Waals surface area contributed by atoms with Crippen LogP contribution >= 0.6 is 0 Å². The van der Waals surface area contributed by atoms with Gasteiger partial charge in [-0.1, -0.05) is 24.3 Å². The van der Waals surface area contributed by atoms with Crippen LogP contribution in [0.15, 0.2) is 51.7 Å². The molecule has 170 valence electrons. The minimum atomic E-state index is -0.174. The normalized spacial score (nSPS) is 15.5. The third-order valence-electron chi connectivity index (χ3n) is 6.12. The van der Waals surface area contributed by atoms with Crippen molar-refractivity contribution in [2.45, 2.75) is 6.54 Å². The highest BCUT2D eigenvalue weighted by molar-refractivity contribution is 5.86. The molecule has 0 atom stereocenters. The third kappa shape index (κ3) is 4.96. The zero-order valence-electron chi connectivity index (χ0n) is 19.0. The van der Waals surface area contributed by atoms with Crippen molar-refractivity contribution >= 4 is 11.0 Å². The molecule has 0 spiro atoms. The molecular formula is C25H31N3O4. The molecule has 2 heterocycles. The number of phenolic OH excluding ortho intramolecular Hbond substituents is 1. The van der Waals surface area contributed by atoms with Crippen molar-refractivity contribution in [3.05, 3.63) is 58.3 Å². The van der Waals surface area contributed by atoms with Crippen molar-refractivity contribution < 1.29 is 14.3 Å². The van der Waals surface area contributed by atoms with Gasteiger partial charge in [-0.3, -0.25) is 9.69 Å². The van der Waals surface area contributed by atoms with E-state index in [1.54, 1.807) is 6.07 Å². The smallest absolute Gasteiger partial charge is 0.204 e. The predicted octanol–water partition coefficient (Wildman–Crippen LogP) is 2.85. The van der Waals surface area contributed by atoms with Crippen LogP contribution in [0.3, 0.4) is 0 Å². The molecule has 7 nitrogen and oxygen atoms in total. The lowest BCUT2D eigenvalue weighted by molar-refractivity contribution is 0.139. The Balaban J connectivity index is 1.44. The van der Waals surface area contributed by atoms with Gasteiger partial charge in [-0.15, -0.1) is 0 Å². The van der Waals surface area contributed by atoms with Crippen molar-refractivity contribution in [2.24, 2.45) is 0 Å². The zero-order valence-corrected chi connectivity index (χ0v) is 19.0. The Morgan fingerprint density at radius 1 is 1.09 bits per heavy atom. The van der Waals surface area contributed by atoms with E-state index in [0.29, 0.717) is 11.1 Å². The summed E-state index contributed by atoms with van der Waals surface area (Å²) in [5, 5.41) is 10.4. The van der Waals surface area contributed by atoms with Crippen molar-refractivity contribution in [1.29, 1.82) is 0 Å². The van der Waals surface area contributed by atoms with Gasteiger partial charge in [0.05, 0.1) is 12.5 Å².